The highest BCUT2D eigenvalue weighted by molar-refractivity contribution is 7.80. The van der Waals surface area contributed by atoms with Crippen LogP contribution in [0.1, 0.15) is 21.7 Å². The van der Waals surface area contributed by atoms with Crippen molar-refractivity contribution >= 4 is 46.6 Å². The summed E-state index contributed by atoms with van der Waals surface area (Å²) < 4.78 is 5.75. The predicted octanol–water partition coefficient (Wildman–Crippen LogP) is 6.03. The third kappa shape index (κ3) is 6.75. The van der Waals surface area contributed by atoms with Crippen LogP contribution in [0.25, 0.3) is 17.4 Å². The van der Waals surface area contributed by atoms with E-state index in [0.717, 1.165) is 16.9 Å². The minimum atomic E-state index is -0.387. The third-order valence-corrected chi connectivity index (χ3v) is 5.21. The number of anilines is 2. The van der Waals surface area contributed by atoms with Crippen LogP contribution >= 0.6 is 12.2 Å². The first-order chi connectivity index (χ1) is 17.0. The summed E-state index contributed by atoms with van der Waals surface area (Å²) in [7, 11) is 0. The van der Waals surface area contributed by atoms with E-state index in [1.807, 2.05) is 61.5 Å². The number of nitrogens with one attached hydrogen (secondary N) is 3. The number of carbonyl (C=O) groups is 2. The maximum Gasteiger partial charge on any atom is 0.255 e. The Morgan fingerprint density at radius 1 is 0.829 bits per heavy atom. The fourth-order valence-electron chi connectivity index (χ4n) is 3.30. The Morgan fingerprint density at radius 2 is 1.54 bits per heavy atom. The van der Waals surface area contributed by atoms with Gasteiger partial charge in [-0.05, 0) is 73.7 Å². The number of amides is 2. The molecule has 0 saturated heterocycles. The van der Waals surface area contributed by atoms with Crippen LogP contribution in [0.5, 0.6) is 0 Å². The van der Waals surface area contributed by atoms with Gasteiger partial charge in [0.1, 0.15) is 11.5 Å². The fraction of sp³-hybridized carbons (Fsp3) is 0.0357. The topological polar surface area (TPSA) is 83.4 Å². The Balaban J connectivity index is 1.27. The van der Waals surface area contributed by atoms with Crippen molar-refractivity contribution in [2.75, 3.05) is 10.6 Å². The third-order valence-electron chi connectivity index (χ3n) is 5.00. The second-order valence-corrected chi connectivity index (χ2v) is 8.15. The van der Waals surface area contributed by atoms with Crippen molar-refractivity contribution in [3.8, 4) is 11.3 Å². The summed E-state index contributed by atoms with van der Waals surface area (Å²) in [6.07, 6.45) is 2.93. The van der Waals surface area contributed by atoms with E-state index in [-0.39, 0.29) is 16.9 Å². The van der Waals surface area contributed by atoms with Crippen molar-refractivity contribution in [3.05, 3.63) is 114 Å². The molecule has 0 atom stereocenters. The number of furan rings is 1. The van der Waals surface area contributed by atoms with E-state index in [2.05, 4.69) is 16.0 Å². The van der Waals surface area contributed by atoms with E-state index in [1.165, 1.54) is 6.08 Å². The minimum Gasteiger partial charge on any atom is -0.457 e. The Kier molecular flexibility index (Phi) is 7.50. The van der Waals surface area contributed by atoms with Crippen LogP contribution in [0.15, 0.2) is 101 Å². The summed E-state index contributed by atoms with van der Waals surface area (Å²) in [5.41, 5.74) is 3.89. The van der Waals surface area contributed by atoms with Crippen LogP contribution < -0.4 is 16.0 Å². The van der Waals surface area contributed by atoms with Gasteiger partial charge in [0.05, 0.1) is 0 Å². The molecule has 174 valence electrons. The quantitative estimate of drug-likeness (QED) is 0.231. The van der Waals surface area contributed by atoms with Crippen LogP contribution in [0.2, 0.25) is 0 Å². The molecule has 2 amide bonds. The van der Waals surface area contributed by atoms with E-state index in [9.17, 15) is 9.59 Å². The Hall–Kier alpha value is -4.49. The average Bonchev–Trinajstić information content (AvgIpc) is 3.34. The van der Waals surface area contributed by atoms with E-state index in [0.29, 0.717) is 22.7 Å². The molecule has 1 heterocycles. The number of rotatable bonds is 6. The lowest BCUT2D eigenvalue weighted by molar-refractivity contribution is -0.115. The summed E-state index contributed by atoms with van der Waals surface area (Å²) in [4.78, 5) is 24.6. The highest BCUT2D eigenvalue weighted by Crippen LogP contribution is 2.22. The van der Waals surface area contributed by atoms with Crippen molar-refractivity contribution in [1.29, 1.82) is 0 Å². The molecule has 6 nitrogen and oxygen atoms in total. The zero-order valence-electron chi connectivity index (χ0n) is 18.9. The first kappa shape index (κ1) is 23.7. The molecule has 1 aromatic heterocycles. The largest absolute Gasteiger partial charge is 0.457 e. The maximum atomic E-state index is 12.4. The molecule has 3 aromatic carbocycles. The number of hydrogen-bond donors (Lipinski definition) is 3. The number of aryl methyl sites for hydroxylation is 1. The van der Waals surface area contributed by atoms with Crippen molar-refractivity contribution in [1.82, 2.24) is 5.32 Å². The van der Waals surface area contributed by atoms with Crippen molar-refractivity contribution in [3.63, 3.8) is 0 Å². The molecule has 4 rings (SSSR count). The molecular weight excluding hydrogens is 458 g/mol. The van der Waals surface area contributed by atoms with Gasteiger partial charge < -0.3 is 15.1 Å². The zero-order chi connectivity index (χ0) is 24.6. The van der Waals surface area contributed by atoms with Crippen molar-refractivity contribution < 1.29 is 14.0 Å². The summed E-state index contributed by atoms with van der Waals surface area (Å²) >= 11 is 5.22. The van der Waals surface area contributed by atoms with Gasteiger partial charge in [-0.1, -0.05) is 48.0 Å². The lowest BCUT2D eigenvalue weighted by Gasteiger charge is -2.10. The highest BCUT2D eigenvalue weighted by atomic mass is 32.1. The fourth-order valence-corrected chi connectivity index (χ4v) is 3.52. The molecule has 7 heteroatoms. The SMILES string of the molecule is Cc1cccc(C(=O)Nc2ccc(NC(=S)NC(=O)/C=C/c3ccc(-c4ccccc4)o3)cc2)c1. The van der Waals surface area contributed by atoms with Gasteiger partial charge in [0.2, 0.25) is 5.91 Å². The second kappa shape index (κ2) is 11.1. The molecular formula is C28H23N3O3S. The Labute approximate surface area is 208 Å². The van der Waals surface area contributed by atoms with Gasteiger partial charge in [-0.3, -0.25) is 14.9 Å². The van der Waals surface area contributed by atoms with Gasteiger partial charge in [-0.25, -0.2) is 0 Å². The molecule has 0 aliphatic heterocycles. The molecule has 0 unspecified atom stereocenters. The molecule has 0 saturated carbocycles. The van der Waals surface area contributed by atoms with Gasteiger partial charge in [-0.2, -0.15) is 0 Å². The van der Waals surface area contributed by atoms with E-state index < -0.39 is 0 Å². The average molecular weight is 482 g/mol. The van der Waals surface area contributed by atoms with Crippen LogP contribution in [0, 0.1) is 6.92 Å². The predicted molar refractivity (Wildman–Crippen MR) is 143 cm³/mol. The van der Waals surface area contributed by atoms with Crippen LogP contribution in [-0.2, 0) is 4.79 Å². The van der Waals surface area contributed by atoms with Crippen molar-refractivity contribution in [2.24, 2.45) is 0 Å². The van der Waals surface area contributed by atoms with Crippen LogP contribution in [0.4, 0.5) is 11.4 Å². The number of carbonyl (C=O) groups excluding carboxylic acids is 2. The number of thiocarbonyl (C=S) groups is 1. The smallest absolute Gasteiger partial charge is 0.255 e. The molecule has 0 aliphatic carbocycles. The number of hydrogen-bond acceptors (Lipinski definition) is 4. The second-order valence-electron chi connectivity index (χ2n) is 7.75. The van der Waals surface area contributed by atoms with Crippen molar-refractivity contribution in [2.45, 2.75) is 6.92 Å². The molecule has 0 bridgehead atoms. The molecule has 3 N–H and O–H groups in total. The van der Waals surface area contributed by atoms with Crippen LogP contribution in [0.3, 0.4) is 0 Å². The molecule has 0 aliphatic rings. The summed E-state index contributed by atoms with van der Waals surface area (Å²) in [6, 6.07) is 27.8. The molecule has 0 spiro atoms. The first-order valence-corrected chi connectivity index (χ1v) is 11.3. The van der Waals surface area contributed by atoms with E-state index >= 15 is 0 Å². The lowest BCUT2D eigenvalue weighted by atomic mass is 10.1. The molecule has 35 heavy (non-hydrogen) atoms. The number of benzene rings is 3. The van der Waals surface area contributed by atoms with E-state index in [4.69, 9.17) is 16.6 Å². The van der Waals surface area contributed by atoms with E-state index in [1.54, 1.807) is 42.5 Å². The van der Waals surface area contributed by atoms with Gasteiger partial charge in [0.25, 0.3) is 5.91 Å². The summed E-state index contributed by atoms with van der Waals surface area (Å²) in [6.45, 7) is 1.94. The first-order valence-electron chi connectivity index (χ1n) is 10.9. The highest BCUT2D eigenvalue weighted by Gasteiger charge is 2.07. The lowest BCUT2D eigenvalue weighted by Crippen LogP contribution is -2.32. The van der Waals surface area contributed by atoms with Gasteiger partial charge in [-0.15, -0.1) is 0 Å². The zero-order valence-corrected chi connectivity index (χ0v) is 19.8. The van der Waals surface area contributed by atoms with Gasteiger partial charge in [0.15, 0.2) is 5.11 Å². The Bertz CT molecular complexity index is 1380. The monoisotopic (exact) mass is 481 g/mol. The standard InChI is InChI=1S/C28H23N3O3S/c1-19-6-5-9-21(18-19)27(33)29-22-10-12-23(13-11-22)30-28(35)31-26(32)17-15-24-14-16-25(34-24)20-7-3-2-4-8-20/h2-18H,1H3,(H,29,33)(H2,30,31,32,35)/b17-15+. The minimum absolute atomic E-state index is 0.153. The molecule has 0 radical (unpaired) electrons. The van der Waals surface area contributed by atoms with Crippen LogP contribution in [-0.4, -0.2) is 16.9 Å². The normalized spacial score (nSPS) is 10.7. The van der Waals surface area contributed by atoms with Gasteiger partial charge >= 0.3 is 0 Å². The summed E-state index contributed by atoms with van der Waals surface area (Å²) in [5, 5.41) is 8.55. The molecule has 0 fully saturated rings. The molecule has 4 aromatic rings. The maximum absolute atomic E-state index is 12.4. The van der Waals surface area contributed by atoms with Gasteiger partial charge in [0, 0.05) is 28.6 Å². The summed E-state index contributed by atoms with van der Waals surface area (Å²) in [5.74, 6) is 0.709. The Morgan fingerprint density at radius 3 is 2.26 bits per heavy atom.